The summed E-state index contributed by atoms with van der Waals surface area (Å²) in [7, 11) is 0. The summed E-state index contributed by atoms with van der Waals surface area (Å²) in [5, 5.41) is 27.4. The predicted octanol–water partition coefficient (Wildman–Crippen LogP) is 7.07. The van der Waals surface area contributed by atoms with Crippen molar-refractivity contribution >= 4 is 6.09 Å². The van der Waals surface area contributed by atoms with E-state index in [4.69, 9.17) is 0 Å². The van der Waals surface area contributed by atoms with Gasteiger partial charge in [0.15, 0.2) is 0 Å². The molecule has 0 aromatic carbocycles. The molecule has 9 heteroatoms. The third-order valence-corrected chi connectivity index (χ3v) is 14.3. The van der Waals surface area contributed by atoms with Crippen LogP contribution in [-0.2, 0) is 12.8 Å². The number of carboxylic acid groups (broad SMARTS) is 1. The zero-order valence-corrected chi connectivity index (χ0v) is 29.7. The maximum atomic E-state index is 13.1. The number of aromatic amines is 2. The van der Waals surface area contributed by atoms with E-state index in [1.165, 1.54) is 44.9 Å². The normalized spacial score (nSPS) is 37.3. The number of carbonyl (C=O) groups is 1. The van der Waals surface area contributed by atoms with Gasteiger partial charge in [0.2, 0.25) is 0 Å². The van der Waals surface area contributed by atoms with Gasteiger partial charge in [0, 0.05) is 67.2 Å². The summed E-state index contributed by atoms with van der Waals surface area (Å²) in [6, 6.07) is -0.286. The standard InChI is InChI=1S/C38H62N6O3/c1-25(2)7-6-8-26(3)31-9-10-32-30-19-34(41-17-13-27-21-39-23-42-27)38(47)20-29(44(35(45)46)18-14-28-22-40-24-43-28)11-16-37(38,5)33(30)12-15-36(31,32)4/h21-26,29-34,41,47H,6-20H2,1-5H3,(H,39,42)(H,40,43)(H,45,46)/t26?,29-,30-,31+,32-,33-,34+,36+,37+,38-/m0/s1. The number of amides is 1. The fraction of sp³-hybridized carbons (Fsp3) is 0.816. The van der Waals surface area contributed by atoms with Crippen molar-refractivity contribution in [3.63, 3.8) is 0 Å². The van der Waals surface area contributed by atoms with Crippen molar-refractivity contribution in [2.24, 2.45) is 46.3 Å². The summed E-state index contributed by atoms with van der Waals surface area (Å²) < 4.78 is 0. The molecule has 4 fully saturated rings. The third kappa shape index (κ3) is 6.52. The van der Waals surface area contributed by atoms with Gasteiger partial charge >= 0.3 is 6.09 Å². The van der Waals surface area contributed by atoms with Crippen LogP contribution in [0.3, 0.4) is 0 Å². The van der Waals surface area contributed by atoms with Crippen LogP contribution in [0.2, 0.25) is 0 Å². The molecule has 6 rings (SSSR count). The first-order chi connectivity index (χ1) is 22.5. The van der Waals surface area contributed by atoms with E-state index in [0.29, 0.717) is 42.6 Å². The van der Waals surface area contributed by atoms with E-state index >= 15 is 0 Å². The molecule has 1 amide bonds. The fourth-order valence-electron chi connectivity index (χ4n) is 11.7. The lowest BCUT2D eigenvalue weighted by atomic mass is 9.41. The molecule has 2 aromatic heterocycles. The highest BCUT2D eigenvalue weighted by Crippen LogP contribution is 2.69. The number of aromatic nitrogens is 4. The topological polar surface area (TPSA) is 130 Å². The van der Waals surface area contributed by atoms with Crippen LogP contribution in [0.15, 0.2) is 25.0 Å². The van der Waals surface area contributed by atoms with E-state index in [1.807, 2.05) is 6.20 Å². The van der Waals surface area contributed by atoms with Crippen LogP contribution in [0.1, 0.15) is 117 Å². The highest BCUT2D eigenvalue weighted by atomic mass is 16.4. The van der Waals surface area contributed by atoms with Crippen LogP contribution in [0.4, 0.5) is 4.79 Å². The Hall–Kier alpha value is -2.39. The molecule has 2 aromatic rings. The number of hydrogen-bond donors (Lipinski definition) is 5. The number of rotatable bonds is 13. The van der Waals surface area contributed by atoms with E-state index in [9.17, 15) is 15.0 Å². The van der Waals surface area contributed by atoms with E-state index in [0.717, 1.165) is 61.4 Å². The van der Waals surface area contributed by atoms with E-state index in [1.54, 1.807) is 23.8 Å². The van der Waals surface area contributed by atoms with Gasteiger partial charge in [0.25, 0.3) is 0 Å². The zero-order chi connectivity index (χ0) is 33.4. The lowest BCUT2D eigenvalue weighted by Gasteiger charge is -2.67. The Morgan fingerprint density at radius 1 is 1.00 bits per heavy atom. The van der Waals surface area contributed by atoms with Crippen LogP contribution < -0.4 is 5.32 Å². The minimum Gasteiger partial charge on any atom is -0.465 e. The van der Waals surface area contributed by atoms with Gasteiger partial charge in [-0.1, -0.05) is 53.9 Å². The Bertz CT molecular complexity index is 1300. The maximum Gasteiger partial charge on any atom is 0.407 e. The van der Waals surface area contributed by atoms with E-state index < -0.39 is 11.7 Å². The van der Waals surface area contributed by atoms with Crippen molar-refractivity contribution in [2.45, 2.75) is 136 Å². The summed E-state index contributed by atoms with van der Waals surface area (Å²) in [6.07, 6.45) is 19.8. The summed E-state index contributed by atoms with van der Waals surface area (Å²) in [4.78, 5) is 28.9. The molecule has 0 radical (unpaired) electrons. The van der Waals surface area contributed by atoms with Crippen molar-refractivity contribution in [1.29, 1.82) is 0 Å². The molecule has 1 unspecified atom stereocenters. The SMILES string of the molecule is CC(C)CCCC(C)[C@H]1CC[C@H]2[C@@H]3C[C@@H](NCCc4cnc[nH]4)[C@@]4(O)C[C@@H](N(CCc5cnc[nH]5)C(=O)O)CC[C@]4(C)[C@H]3CC[C@]12C. The number of imidazole rings is 2. The lowest BCUT2D eigenvalue weighted by Crippen LogP contribution is -2.72. The fourth-order valence-corrected chi connectivity index (χ4v) is 11.7. The molecule has 0 aliphatic heterocycles. The molecule has 0 bridgehead atoms. The van der Waals surface area contributed by atoms with Gasteiger partial charge in [-0.3, -0.25) is 0 Å². The van der Waals surface area contributed by atoms with Crippen LogP contribution >= 0.6 is 0 Å². The Morgan fingerprint density at radius 2 is 1.72 bits per heavy atom. The third-order valence-electron chi connectivity index (χ3n) is 14.3. The maximum absolute atomic E-state index is 13.1. The van der Waals surface area contributed by atoms with Gasteiger partial charge in [-0.2, -0.15) is 0 Å². The second kappa shape index (κ2) is 13.9. The highest BCUT2D eigenvalue weighted by molar-refractivity contribution is 5.65. The summed E-state index contributed by atoms with van der Waals surface area (Å²) in [5.41, 5.74) is 1.16. The van der Waals surface area contributed by atoms with Gasteiger partial charge in [0.1, 0.15) is 0 Å². The minimum absolute atomic E-state index is 0.0763. The molecule has 47 heavy (non-hydrogen) atoms. The Labute approximate surface area is 282 Å². The second-order valence-corrected chi connectivity index (χ2v) is 17.0. The summed E-state index contributed by atoms with van der Waals surface area (Å²) in [6.45, 7) is 13.4. The minimum atomic E-state index is -0.983. The summed E-state index contributed by atoms with van der Waals surface area (Å²) >= 11 is 0. The molecule has 4 aliphatic carbocycles. The van der Waals surface area contributed by atoms with Crippen LogP contribution in [0.5, 0.6) is 0 Å². The smallest absolute Gasteiger partial charge is 0.407 e. The largest absolute Gasteiger partial charge is 0.465 e. The Kier molecular flexibility index (Phi) is 10.2. The molecule has 0 spiro atoms. The van der Waals surface area contributed by atoms with Gasteiger partial charge in [-0.15, -0.1) is 0 Å². The quantitative estimate of drug-likeness (QED) is 0.158. The molecule has 4 saturated carbocycles. The average molecular weight is 651 g/mol. The predicted molar refractivity (Wildman–Crippen MR) is 185 cm³/mol. The molecule has 4 aliphatic rings. The highest BCUT2D eigenvalue weighted by Gasteiger charge is 2.68. The first-order valence-electron chi connectivity index (χ1n) is 18.9. The van der Waals surface area contributed by atoms with Gasteiger partial charge in [0.05, 0.1) is 18.3 Å². The molecule has 10 atom stereocenters. The number of hydrogen-bond acceptors (Lipinski definition) is 5. The van der Waals surface area contributed by atoms with Gasteiger partial charge in [-0.05, 0) is 92.3 Å². The molecule has 5 N–H and O–H groups in total. The summed E-state index contributed by atoms with van der Waals surface area (Å²) in [5.74, 6) is 4.08. The second-order valence-electron chi connectivity index (χ2n) is 17.0. The van der Waals surface area contributed by atoms with E-state index in [2.05, 4.69) is 59.9 Å². The molecule has 2 heterocycles. The van der Waals surface area contributed by atoms with Crippen LogP contribution in [0, 0.1) is 46.3 Å². The first-order valence-corrected chi connectivity index (χ1v) is 18.9. The number of nitrogens with zero attached hydrogens (tertiary/aromatic N) is 3. The molecule has 0 saturated heterocycles. The van der Waals surface area contributed by atoms with Gasteiger partial charge < -0.3 is 30.4 Å². The van der Waals surface area contributed by atoms with Gasteiger partial charge in [-0.25, -0.2) is 14.8 Å². The number of aliphatic hydroxyl groups is 1. The molecule has 262 valence electrons. The van der Waals surface area contributed by atoms with E-state index in [-0.39, 0.29) is 17.5 Å². The average Bonchev–Trinajstić information content (AvgIpc) is 3.80. The monoisotopic (exact) mass is 650 g/mol. The van der Waals surface area contributed by atoms with Crippen molar-refractivity contribution < 1.29 is 15.0 Å². The number of H-pyrrole nitrogens is 2. The molecular formula is C38H62N6O3. The van der Waals surface area contributed by atoms with Crippen LogP contribution in [-0.4, -0.2) is 71.9 Å². The van der Waals surface area contributed by atoms with Crippen LogP contribution in [0.25, 0.3) is 0 Å². The number of fused-ring (bicyclic) bond motifs is 5. The Balaban J connectivity index is 1.24. The van der Waals surface area contributed by atoms with Crippen molar-refractivity contribution in [3.05, 3.63) is 36.4 Å². The molecule has 9 nitrogen and oxygen atoms in total. The number of nitrogens with one attached hydrogen (secondary N) is 3. The van der Waals surface area contributed by atoms with Crippen molar-refractivity contribution in [3.8, 4) is 0 Å². The zero-order valence-electron chi connectivity index (χ0n) is 29.7. The van der Waals surface area contributed by atoms with Crippen molar-refractivity contribution in [1.82, 2.24) is 30.2 Å². The Morgan fingerprint density at radius 3 is 2.38 bits per heavy atom. The van der Waals surface area contributed by atoms with Crippen molar-refractivity contribution in [2.75, 3.05) is 13.1 Å². The first kappa shape index (κ1) is 34.5. The molecular weight excluding hydrogens is 588 g/mol. The lowest BCUT2D eigenvalue weighted by molar-refractivity contribution is -0.228.